The molecule has 0 radical (unpaired) electrons. The number of methoxy groups -OCH3 is 1. The molecule has 1 unspecified atom stereocenters. The molecule has 0 bridgehead atoms. The van der Waals surface area contributed by atoms with Crippen LogP contribution < -0.4 is 5.32 Å². The number of hydrogen-bond donors (Lipinski definition) is 1. The molecule has 1 aliphatic heterocycles. The van der Waals surface area contributed by atoms with Crippen LogP contribution in [0.4, 0.5) is 0 Å². The molecule has 1 N–H and O–H groups in total. The fourth-order valence-corrected chi connectivity index (χ4v) is 4.45. The van der Waals surface area contributed by atoms with Crippen molar-refractivity contribution in [1.82, 2.24) is 5.32 Å². The van der Waals surface area contributed by atoms with Crippen molar-refractivity contribution in [2.45, 2.75) is 22.3 Å². The number of benzene rings is 3. The maximum atomic E-state index is 13.0. The number of esters is 1. The van der Waals surface area contributed by atoms with Gasteiger partial charge < -0.3 is 10.1 Å². The molecule has 0 saturated carbocycles. The molecule has 0 saturated heterocycles. The first-order valence-corrected chi connectivity index (χ1v) is 9.72. The molecule has 3 aromatic carbocycles. The summed E-state index contributed by atoms with van der Waals surface area (Å²) in [7, 11) is 1.34. The average Bonchev–Trinajstić information content (AvgIpc) is 3.01. The largest absolute Gasteiger partial charge is 0.467 e. The van der Waals surface area contributed by atoms with E-state index >= 15 is 0 Å². The van der Waals surface area contributed by atoms with Crippen LogP contribution in [0, 0.1) is 6.92 Å². The van der Waals surface area contributed by atoms with E-state index in [2.05, 4.69) is 5.32 Å². The number of rotatable bonds is 4. The Labute approximate surface area is 167 Å². The highest BCUT2D eigenvalue weighted by molar-refractivity contribution is 7.99. The Kier molecular flexibility index (Phi) is 4.69. The Morgan fingerprint density at radius 2 is 1.71 bits per heavy atom. The fraction of sp³-hybridized carbons (Fsp3) is 0.130. The number of aryl methyl sites for hydroxylation is 1. The summed E-state index contributed by atoms with van der Waals surface area (Å²) in [4.78, 5) is 27.7. The van der Waals surface area contributed by atoms with Crippen molar-refractivity contribution in [3.8, 4) is 0 Å². The summed E-state index contributed by atoms with van der Waals surface area (Å²) in [6, 6.07) is 23.2. The number of nitrogens with one attached hydrogen (secondary N) is 1. The molecule has 0 spiro atoms. The van der Waals surface area contributed by atoms with Gasteiger partial charge in [0.25, 0.3) is 5.91 Å². The summed E-state index contributed by atoms with van der Waals surface area (Å²) >= 11 is 1.60. The number of hydrogen-bond acceptors (Lipinski definition) is 4. The molecule has 1 amide bonds. The Morgan fingerprint density at radius 1 is 0.964 bits per heavy atom. The van der Waals surface area contributed by atoms with Crippen LogP contribution in [0.2, 0.25) is 0 Å². The van der Waals surface area contributed by atoms with Crippen LogP contribution in [0.3, 0.4) is 0 Å². The van der Waals surface area contributed by atoms with Crippen LogP contribution in [0.25, 0.3) is 0 Å². The average molecular weight is 389 g/mol. The zero-order valence-corrected chi connectivity index (χ0v) is 16.4. The molecule has 4 nitrogen and oxygen atoms in total. The van der Waals surface area contributed by atoms with E-state index in [0.29, 0.717) is 16.7 Å². The summed E-state index contributed by atoms with van der Waals surface area (Å²) < 4.78 is 5.13. The van der Waals surface area contributed by atoms with Gasteiger partial charge in [0.05, 0.1) is 7.11 Å². The summed E-state index contributed by atoms with van der Waals surface area (Å²) in [5.74, 6) is -0.784. The molecule has 1 atom stereocenters. The lowest BCUT2D eigenvalue weighted by Gasteiger charge is -2.28. The van der Waals surface area contributed by atoms with Gasteiger partial charge in [0.1, 0.15) is 0 Å². The second-order valence-electron chi connectivity index (χ2n) is 6.69. The molecular formula is C23H19NO3S. The van der Waals surface area contributed by atoms with Crippen LogP contribution >= 0.6 is 11.8 Å². The molecular weight excluding hydrogens is 370 g/mol. The lowest BCUT2D eigenvalue weighted by molar-refractivity contribution is -0.146. The number of carbonyl (C=O) groups is 2. The normalized spacial score (nSPS) is 17.7. The van der Waals surface area contributed by atoms with Crippen molar-refractivity contribution >= 4 is 23.6 Å². The number of carbonyl (C=O) groups excluding carboxylic acids is 2. The first kappa shape index (κ1) is 18.3. The van der Waals surface area contributed by atoms with Gasteiger partial charge in [-0.1, -0.05) is 59.8 Å². The summed E-state index contributed by atoms with van der Waals surface area (Å²) in [5, 5.41) is 2.90. The summed E-state index contributed by atoms with van der Waals surface area (Å²) in [6.45, 7) is 1.94. The monoisotopic (exact) mass is 389 g/mol. The Hall–Kier alpha value is -3.05. The molecule has 5 heteroatoms. The molecule has 0 aromatic heterocycles. The third-order valence-electron chi connectivity index (χ3n) is 4.86. The van der Waals surface area contributed by atoms with E-state index in [1.165, 1.54) is 7.11 Å². The molecule has 1 aliphatic rings. The van der Waals surface area contributed by atoms with Crippen LogP contribution in [-0.4, -0.2) is 19.0 Å². The van der Waals surface area contributed by atoms with E-state index in [1.807, 2.05) is 73.7 Å². The first-order valence-electron chi connectivity index (χ1n) is 8.90. The van der Waals surface area contributed by atoms with E-state index in [9.17, 15) is 9.59 Å². The lowest BCUT2D eigenvalue weighted by atomic mass is 9.83. The molecule has 1 heterocycles. The van der Waals surface area contributed by atoms with Gasteiger partial charge in [-0.3, -0.25) is 4.79 Å². The summed E-state index contributed by atoms with van der Waals surface area (Å²) in [5.41, 5.74) is 1.43. The van der Waals surface area contributed by atoms with Gasteiger partial charge >= 0.3 is 5.97 Å². The van der Waals surface area contributed by atoms with Gasteiger partial charge in [-0.25, -0.2) is 4.79 Å². The predicted octanol–water partition coefficient (Wildman–Crippen LogP) is 4.31. The van der Waals surface area contributed by atoms with E-state index in [4.69, 9.17) is 4.74 Å². The lowest BCUT2D eigenvalue weighted by Crippen LogP contribution is -2.48. The van der Waals surface area contributed by atoms with Crippen molar-refractivity contribution < 1.29 is 14.3 Å². The predicted molar refractivity (Wildman–Crippen MR) is 108 cm³/mol. The van der Waals surface area contributed by atoms with Crippen molar-refractivity contribution in [3.63, 3.8) is 0 Å². The minimum Gasteiger partial charge on any atom is -0.467 e. The highest BCUT2D eigenvalue weighted by Gasteiger charge is 2.51. The topological polar surface area (TPSA) is 55.4 Å². The van der Waals surface area contributed by atoms with E-state index in [0.717, 1.165) is 15.4 Å². The quantitative estimate of drug-likeness (QED) is 0.676. The van der Waals surface area contributed by atoms with Crippen LogP contribution in [-0.2, 0) is 15.1 Å². The maximum Gasteiger partial charge on any atom is 0.341 e. The standard InChI is InChI=1S/C23H19NO3S/c1-15-11-12-19-20(13-15)23(22(26)27-2,24-21(19)25)16-7-6-10-18(14-16)28-17-8-4-3-5-9-17/h3-14H,1-2H3,(H,24,25). The number of amides is 1. The molecule has 4 rings (SSSR count). The van der Waals surface area contributed by atoms with E-state index in [-0.39, 0.29) is 5.91 Å². The van der Waals surface area contributed by atoms with Crippen LogP contribution in [0.5, 0.6) is 0 Å². The van der Waals surface area contributed by atoms with Gasteiger partial charge in [-0.2, -0.15) is 0 Å². The number of fused-ring (bicyclic) bond motifs is 1. The zero-order chi connectivity index (χ0) is 19.7. The van der Waals surface area contributed by atoms with Gasteiger partial charge in [0, 0.05) is 20.9 Å². The van der Waals surface area contributed by atoms with Crippen molar-refractivity contribution in [3.05, 3.63) is 95.1 Å². The molecule has 0 aliphatic carbocycles. The molecule has 3 aromatic rings. The highest BCUT2D eigenvalue weighted by Crippen LogP contribution is 2.40. The fourth-order valence-electron chi connectivity index (χ4n) is 3.55. The summed E-state index contributed by atoms with van der Waals surface area (Å²) in [6.07, 6.45) is 0. The highest BCUT2D eigenvalue weighted by atomic mass is 32.2. The SMILES string of the molecule is COC(=O)C1(c2cccc(Sc3ccccc3)c2)NC(=O)c2ccc(C)cc21. The molecule has 0 fully saturated rings. The molecule has 28 heavy (non-hydrogen) atoms. The minimum atomic E-state index is -1.35. The maximum absolute atomic E-state index is 13.0. The van der Waals surface area contributed by atoms with Crippen molar-refractivity contribution in [2.75, 3.05) is 7.11 Å². The van der Waals surface area contributed by atoms with Crippen LogP contribution in [0.15, 0.2) is 82.6 Å². The smallest absolute Gasteiger partial charge is 0.341 e. The Morgan fingerprint density at radius 3 is 2.46 bits per heavy atom. The second kappa shape index (κ2) is 7.17. The molecule has 140 valence electrons. The Balaban J connectivity index is 1.85. The number of ether oxygens (including phenoxy) is 1. The third-order valence-corrected chi connectivity index (χ3v) is 5.86. The van der Waals surface area contributed by atoms with Crippen molar-refractivity contribution in [1.29, 1.82) is 0 Å². The van der Waals surface area contributed by atoms with Gasteiger partial charge in [0.2, 0.25) is 0 Å². The third kappa shape index (κ3) is 2.98. The van der Waals surface area contributed by atoms with Crippen molar-refractivity contribution in [2.24, 2.45) is 0 Å². The first-order chi connectivity index (χ1) is 13.5. The second-order valence-corrected chi connectivity index (χ2v) is 7.83. The van der Waals surface area contributed by atoms with Crippen LogP contribution in [0.1, 0.15) is 27.0 Å². The minimum absolute atomic E-state index is 0.276. The zero-order valence-electron chi connectivity index (χ0n) is 15.6. The van der Waals surface area contributed by atoms with Gasteiger partial charge in [0.15, 0.2) is 5.54 Å². The van der Waals surface area contributed by atoms with Gasteiger partial charge in [-0.05, 0) is 42.8 Å². The van der Waals surface area contributed by atoms with E-state index in [1.54, 1.807) is 17.8 Å². The van der Waals surface area contributed by atoms with Gasteiger partial charge in [-0.15, -0.1) is 0 Å². The van der Waals surface area contributed by atoms with E-state index < -0.39 is 11.5 Å². The Bertz CT molecular complexity index is 1060.